The Labute approximate surface area is 192 Å². The van der Waals surface area contributed by atoms with Gasteiger partial charge in [0.2, 0.25) is 15.9 Å². The van der Waals surface area contributed by atoms with Crippen LogP contribution in [-0.2, 0) is 27.7 Å². The number of amides is 1. The third kappa shape index (κ3) is 6.25. The first-order valence-corrected chi connectivity index (χ1v) is 13.2. The number of carbonyl (C=O) groups is 1. The topological polar surface area (TPSA) is 75.7 Å². The van der Waals surface area contributed by atoms with Gasteiger partial charge in [-0.1, -0.05) is 25.1 Å². The molecule has 3 rings (SSSR count). The minimum absolute atomic E-state index is 0.0206. The van der Waals surface area contributed by atoms with Crippen LogP contribution in [0.15, 0.2) is 42.5 Å². The molecule has 2 aromatic carbocycles. The monoisotopic (exact) mass is 458 g/mol. The Morgan fingerprint density at radius 1 is 1.06 bits per heavy atom. The molecule has 0 radical (unpaired) electrons. The molecule has 32 heavy (non-hydrogen) atoms. The molecular formula is C25H34N2O4S. The molecule has 0 fully saturated rings. The number of nitrogens with zero attached hydrogens (tertiary/aromatic N) is 1. The van der Waals surface area contributed by atoms with Gasteiger partial charge in [-0.15, -0.1) is 0 Å². The number of benzene rings is 2. The van der Waals surface area contributed by atoms with E-state index in [1.54, 1.807) is 24.3 Å². The molecule has 1 atom stereocenters. The molecule has 0 bridgehead atoms. The average Bonchev–Trinajstić information content (AvgIpc) is 2.75. The molecule has 1 aliphatic rings. The summed E-state index contributed by atoms with van der Waals surface area (Å²) in [6.07, 6.45) is 6.47. The summed E-state index contributed by atoms with van der Waals surface area (Å²) in [4.78, 5) is 12.9. The Morgan fingerprint density at radius 3 is 2.31 bits per heavy atom. The quantitative estimate of drug-likeness (QED) is 0.605. The smallest absolute Gasteiger partial charge is 0.241 e. The maximum absolute atomic E-state index is 12.9. The van der Waals surface area contributed by atoms with E-state index in [-0.39, 0.29) is 24.6 Å². The van der Waals surface area contributed by atoms with E-state index in [2.05, 4.69) is 23.5 Å². The zero-order valence-corrected chi connectivity index (χ0v) is 20.2. The number of rotatable bonds is 9. The van der Waals surface area contributed by atoms with E-state index in [1.807, 2.05) is 20.8 Å². The molecule has 174 valence electrons. The van der Waals surface area contributed by atoms with Crippen LogP contribution in [0.5, 0.6) is 5.75 Å². The van der Waals surface area contributed by atoms with Crippen molar-refractivity contribution in [3.05, 3.63) is 59.2 Å². The summed E-state index contributed by atoms with van der Waals surface area (Å²) in [5.41, 5.74) is 4.26. The third-order valence-corrected chi connectivity index (χ3v) is 6.84. The second-order valence-corrected chi connectivity index (χ2v) is 10.6. The molecule has 1 N–H and O–H groups in total. The van der Waals surface area contributed by atoms with Crippen LogP contribution in [0.4, 0.5) is 5.69 Å². The van der Waals surface area contributed by atoms with Crippen LogP contribution in [0, 0.1) is 0 Å². The van der Waals surface area contributed by atoms with Gasteiger partial charge in [0.15, 0.2) is 0 Å². The molecule has 0 saturated carbocycles. The van der Waals surface area contributed by atoms with Crippen molar-refractivity contribution in [3.8, 4) is 5.75 Å². The number of anilines is 1. The standard InChI is InChI=1S/C25H34N2O4S/c1-5-24(21-11-10-19-8-6-7-9-20(19)16-21)26-25(28)17-27(32(4,29)30)22-12-14-23(15-13-22)31-18(2)3/h10-16,18,24H,5-9,17H2,1-4H3,(H,26,28)/t24-/m0/s1. The Morgan fingerprint density at radius 2 is 1.72 bits per heavy atom. The number of carbonyl (C=O) groups excluding carboxylic acids is 1. The Kier molecular flexibility index (Phi) is 7.82. The molecule has 0 aromatic heterocycles. The van der Waals surface area contributed by atoms with Crippen molar-refractivity contribution < 1.29 is 17.9 Å². The van der Waals surface area contributed by atoms with E-state index in [9.17, 15) is 13.2 Å². The van der Waals surface area contributed by atoms with Crippen molar-refractivity contribution in [2.75, 3.05) is 17.1 Å². The highest BCUT2D eigenvalue weighted by Crippen LogP contribution is 2.26. The van der Waals surface area contributed by atoms with Crippen LogP contribution in [0.2, 0.25) is 0 Å². The van der Waals surface area contributed by atoms with Crippen molar-refractivity contribution in [1.29, 1.82) is 0 Å². The van der Waals surface area contributed by atoms with Gasteiger partial charge in [0.05, 0.1) is 24.1 Å². The van der Waals surface area contributed by atoms with Gasteiger partial charge in [0.25, 0.3) is 0 Å². The lowest BCUT2D eigenvalue weighted by Crippen LogP contribution is -2.41. The zero-order valence-electron chi connectivity index (χ0n) is 19.4. The first-order valence-electron chi connectivity index (χ1n) is 11.3. The van der Waals surface area contributed by atoms with Gasteiger partial charge >= 0.3 is 0 Å². The molecule has 0 saturated heterocycles. The lowest BCUT2D eigenvalue weighted by molar-refractivity contribution is -0.120. The number of hydrogen-bond acceptors (Lipinski definition) is 4. The Balaban J connectivity index is 1.73. The van der Waals surface area contributed by atoms with E-state index in [1.165, 1.54) is 24.0 Å². The highest BCUT2D eigenvalue weighted by molar-refractivity contribution is 7.92. The van der Waals surface area contributed by atoms with E-state index < -0.39 is 10.0 Å². The highest BCUT2D eigenvalue weighted by Gasteiger charge is 2.23. The van der Waals surface area contributed by atoms with Crippen LogP contribution in [0.1, 0.15) is 62.8 Å². The number of aryl methyl sites for hydroxylation is 2. The summed E-state index contributed by atoms with van der Waals surface area (Å²) in [5.74, 6) is 0.322. The average molecular weight is 459 g/mol. The normalized spacial score (nSPS) is 14.5. The first-order chi connectivity index (χ1) is 15.2. The van der Waals surface area contributed by atoms with Gasteiger partial charge in [-0.2, -0.15) is 0 Å². The highest BCUT2D eigenvalue weighted by atomic mass is 32.2. The van der Waals surface area contributed by atoms with Crippen molar-refractivity contribution >= 4 is 21.6 Å². The van der Waals surface area contributed by atoms with Crippen LogP contribution in [0.3, 0.4) is 0 Å². The number of nitrogens with one attached hydrogen (secondary N) is 1. The van der Waals surface area contributed by atoms with Crippen molar-refractivity contribution in [1.82, 2.24) is 5.32 Å². The maximum Gasteiger partial charge on any atom is 0.241 e. The predicted octanol–water partition coefficient (Wildman–Crippen LogP) is 4.39. The number of hydrogen-bond donors (Lipinski definition) is 1. The summed E-state index contributed by atoms with van der Waals surface area (Å²) in [7, 11) is -3.64. The zero-order chi connectivity index (χ0) is 23.3. The van der Waals surface area contributed by atoms with Gasteiger partial charge in [0, 0.05) is 0 Å². The molecule has 6 nitrogen and oxygen atoms in total. The summed E-state index contributed by atoms with van der Waals surface area (Å²) >= 11 is 0. The van der Waals surface area contributed by atoms with E-state index in [0.29, 0.717) is 11.4 Å². The van der Waals surface area contributed by atoms with E-state index in [4.69, 9.17) is 4.74 Å². The lowest BCUT2D eigenvalue weighted by atomic mass is 9.89. The fourth-order valence-corrected chi connectivity index (χ4v) is 4.98. The van der Waals surface area contributed by atoms with Crippen LogP contribution < -0.4 is 14.4 Å². The third-order valence-electron chi connectivity index (χ3n) is 5.70. The Bertz CT molecular complexity index is 1030. The lowest BCUT2D eigenvalue weighted by Gasteiger charge is -2.25. The Hall–Kier alpha value is -2.54. The van der Waals surface area contributed by atoms with E-state index in [0.717, 1.165) is 35.4 Å². The molecule has 0 aliphatic heterocycles. The molecule has 0 unspecified atom stereocenters. The molecular weight excluding hydrogens is 424 g/mol. The van der Waals surface area contributed by atoms with Gasteiger partial charge in [-0.25, -0.2) is 8.42 Å². The summed E-state index contributed by atoms with van der Waals surface area (Å²) in [6, 6.07) is 13.0. The molecule has 0 heterocycles. The van der Waals surface area contributed by atoms with Gasteiger partial charge in [0.1, 0.15) is 12.3 Å². The van der Waals surface area contributed by atoms with Crippen LogP contribution in [-0.4, -0.2) is 33.2 Å². The molecule has 0 spiro atoms. The predicted molar refractivity (Wildman–Crippen MR) is 129 cm³/mol. The number of fused-ring (bicyclic) bond motifs is 1. The maximum atomic E-state index is 12.9. The second-order valence-electron chi connectivity index (χ2n) is 8.69. The molecule has 7 heteroatoms. The van der Waals surface area contributed by atoms with E-state index >= 15 is 0 Å². The van der Waals surface area contributed by atoms with Crippen LogP contribution in [0.25, 0.3) is 0 Å². The summed E-state index contributed by atoms with van der Waals surface area (Å²) in [6.45, 7) is 5.60. The van der Waals surface area contributed by atoms with Crippen molar-refractivity contribution in [2.24, 2.45) is 0 Å². The van der Waals surface area contributed by atoms with Crippen molar-refractivity contribution in [3.63, 3.8) is 0 Å². The summed E-state index contributed by atoms with van der Waals surface area (Å²) < 4.78 is 31.6. The van der Waals surface area contributed by atoms with Gasteiger partial charge in [-0.3, -0.25) is 9.10 Å². The molecule has 2 aromatic rings. The minimum atomic E-state index is -3.64. The van der Waals surface area contributed by atoms with Crippen molar-refractivity contribution in [2.45, 2.75) is 65.0 Å². The van der Waals surface area contributed by atoms with Gasteiger partial charge < -0.3 is 10.1 Å². The molecule has 1 amide bonds. The summed E-state index contributed by atoms with van der Waals surface area (Å²) in [5, 5.41) is 3.03. The number of ether oxygens (including phenoxy) is 1. The first kappa shape index (κ1) is 24.1. The minimum Gasteiger partial charge on any atom is -0.491 e. The SMILES string of the molecule is CC[C@H](NC(=O)CN(c1ccc(OC(C)C)cc1)S(C)(=O)=O)c1ccc2c(c1)CCCC2. The molecule has 1 aliphatic carbocycles. The fourth-order valence-electron chi connectivity index (χ4n) is 4.12. The van der Waals surface area contributed by atoms with Crippen LogP contribution >= 0.6 is 0 Å². The van der Waals surface area contributed by atoms with Gasteiger partial charge in [-0.05, 0) is 86.9 Å². The second kappa shape index (κ2) is 10.4. The largest absolute Gasteiger partial charge is 0.491 e. The fraction of sp³-hybridized carbons (Fsp3) is 0.480. The number of sulfonamides is 1.